The first kappa shape index (κ1) is 8.78. The summed E-state index contributed by atoms with van der Waals surface area (Å²) in [6.45, 7) is 4.01. The Balaban J connectivity index is 2.69. The number of hydrogen-bond acceptors (Lipinski definition) is 0. The second-order valence-corrected chi connectivity index (χ2v) is 3.49. The number of benzene rings is 1. The summed E-state index contributed by atoms with van der Waals surface area (Å²) in [5, 5.41) is 0. The van der Waals surface area contributed by atoms with E-state index in [9.17, 15) is 0 Å². The average molecular weight is 258 g/mol. The lowest BCUT2D eigenvalue weighted by Crippen LogP contribution is -1.82. The Morgan fingerprint density at radius 1 is 1.27 bits per heavy atom. The molecule has 1 heteroatoms. The van der Waals surface area contributed by atoms with Crippen molar-refractivity contribution < 1.29 is 0 Å². The summed E-state index contributed by atoms with van der Waals surface area (Å²) in [7, 11) is 0. The summed E-state index contributed by atoms with van der Waals surface area (Å²) in [5.74, 6) is 0. The van der Waals surface area contributed by atoms with Gasteiger partial charge < -0.3 is 0 Å². The first-order chi connectivity index (χ1) is 5.34. The number of hydrogen-bond donors (Lipinski definition) is 0. The summed E-state index contributed by atoms with van der Waals surface area (Å²) in [6.07, 6.45) is 1.09. The van der Waals surface area contributed by atoms with Gasteiger partial charge in [0.05, 0.1) is 0 Å². The van der Waals surface area contributed by atoms with Crippen LogP contribution in [0, 0.1) is 0 Å². The molecule has 0 atom stereocenters. The molecule has 0 nitrogen and oxygen atoms in total. The van der Waals surface area contributed by atoms with Crippen molar-refractivity contribution in [2.24, 2.45) is 0 Å². The molecule has 0 saturated carbocycles. The normalized spacial score (nSPS) is 9.55. The Kier molecular flexibility index (Phi) is 3.63. The van der Waals surface area contributed by atoms with Crippen LogP contribution in [-0.4, -0.2) is 4.43 Å². The van der Waals surface area contributed by atoms with Crippen molar-refractivity contribution in [2.45, 2.75) is 6.42 Å². The van der Waals surface area contributed by atoms with E-state index in [0.29, 0.717) is 0 Å². The maximum absolute atomic E-state index is 4.01. The van der Waals surface area contributed by atoms with E-state index in [-0.39, 0.29) is 0 Å². The molecule has 0 N–H and O–H groups in total. The molecule has 0 spiro atoms. The highest BCUT2D eigenvalue weighted by Gasteiger charge is 1.94. The predicted molar refractivity (Wildman–Crippen MR) is 59.0 cm³/mol. The minimum atomic E-state index is 1.09. The van der Waals surface area contributed by atoms with E-state index in [4.69, 9.17) is 0 Å². The van der Waals surface area contributed by atoms with Crippen molar-refractivity contribution in [3.63, 3.8) is 0 Å². The molecule has 0 bridgehead atoms. The molecule has 58 valence electrons. The Morgan fingerprint density at radius 2 is 1.91 bits per heavy atom. The molecular weight excluding hydrogens is 247 g/mol. The molecule has 0 fully saturated rings. The molecule has 0 aliphatic heterocycles. The number of halogens is 1. The Bertz CT molecular complexity index is 226. The lowest BCUT2D eigenvalue weighted by molar-refractivity contribution is 1.29. The number of rotatable bonds is 3. The van der Waals surface area contributed by atoms with E-state index in [1.54, 1.807) is 0 Å². The van der Waals surface area contributed by atoms with Crippen LogP contribution in [-0.2, 0) is 0 Å². The van der Waals surface area contributed by atoms with Gasteiger partial charge in [0.2, 0.25) is 0 Å². The molecule has 0 amide bonds. The second-order valence-electron chi connectivity index (χ2n) is 2.41. The third kappa shape index (κ3) is 2.66. The molecule has 1 rings (SSSR count). The molecule has 0 aliphatic carbocycles. The van der Waals surface area contributed by atoms with E-state index < -0.39 is 0 Å². The highest BCUT2D eigenvalue weighted by molar-refractivity contribution is 14.1. The summed E-state index contributed by atoms with van der Waals surface area (Å²) < 4.78 is 1.14. The second kappa shape index (κ2) is 4.54. The van der Waals surface area contributed by atoms with Crippen LogP contribution >= 0.6 is 22.6 Å². The Morgan fingerprint density at radius 3 is 2.45 bits per heavy atom. The van der Waals surface area contributed by atoms with Gasteiger partial charge >= 0.3 is 0 Å². The highest BCUT2D eigenvalue weighted by atomic mass is 127. The van der Waals surface area contributed by atoms with Crippen molar-refractivity contribution in [3.8, 4) is 0 Å². The quantitative estimate of drug-likeness (QED) is 0.574. The van der Waals surface area contributed by atoms with E-state index in [1.165, 1.54) is 11.1 Å². The van der Waals surface area contributed by atoms with Gasteiger partial charge in [0.15, 0.2) is 0 Å². The molecule has 0 unspecified atom stereocenters. The third-order valence-electron chi connectivity index (χ3n) is 1.58. The van der Waals surface area contributed by atoms with Crippen LogP contribution < -0.4 is 0 Å². The average Bonchev–Trinajstić information content (AvgIpc) is 2.07. The van der Waals surface area contributed by atoms with Crippen molar-refractivity contribution in [1.29, 1.82) is 0 Å². The van der Waals surface area contributed by atoms with Crippen LogP contribution in [0.5, 0.6) is 0 Å². The van der Waals surface area contributed by atoms with Gasteiger partial charge in [0, 0.05) is 4.43 Å². The highest BCUT2D eigenvalue weighted by Crippen LogP contribution is 2.15. The molecule has 0 heterocycles. The zero-order valence-electron chi connectivity index (χ0n) is 6.39. The Labute approximate surface area is 81.5 Å². The summed E-state index contributed by atoms with van der Waals surface area (Å²) in [4.78, 5) is 0. The van der Waals surface area contributed by atoms with Gasteiger partial charge in [-0.1, -0.05) is 59.5 Å². The lowest BCUT2D eigenvalue weighted by Gasteiger charge is -2.01. The van der Waals surface area contributed by atoms with Crippen molar-refractivity contribution >= 4 is 28.2 Å². The Hall–Kier alpha value is -0.310. The van der Waals surface area contributed by atoms with E-state index in [1.807, 2.05) is 18.2 Å². The lowest BCUT2D eigenvalue weighted by atomic mass is 10.1. The van der Waals surface area contributed by atoms with Gasteiger partial charge in [-0.05, 0) is 17.6 Å². The first-order valence-corrected chi connectivity index (χ1v) is 5.16. The van der Waals surface area contributed by atoms with Crippen molar-refractivity contribution in [3.05, 3.63) is 42.5 Å². The predicted octanol–water partition coefficient (Wildman–Crippen LogP) is 3.52. The maximum atomic E-state index is 4.01. The minimum Gasteiger partial charge on any atom is -0.0952 e. The molecular formula is C10H11I. The topological polar surface area (TPSA) is 0 Å². The molecule has 1 aromatic rings. The van der Waals surface area contributed by atoms with Gasteiger partial charge in [0.25, 0.3) is 0 Å². The van der Waals surface area contributed by atoms with E-state index >= 15 is 0 Å². The minimum absolute atomic E-state index is 1.09. The molecule has 0 aromatic heterocycles. The van der Waals surface area contributed by atoms with Crippen molar-refractivity contribution in [1.82, 2.24) is 0 Å². The zero-order valence-corrected chi connectivity index (χ0v) is 8.54. The summed E-state index contributed by atoms with van der Waals surface area (Å²) in [5.41, 5.74) is 2.50. The fourth-order valence-electron chi connectivity index (χ4n) is 0.932. The van der Waals surface area contributed by atoms with E-state index in [0.717, 1.165) is 10.8 Å². The largest absolute Gasteiger partial charge is 0.0952 e. The molecule has 11 heavy (non-hydrogen) atoms. The standard InChI is InChI=1S/C10H11I/c1-9(7-8-11)10-5-3-2-4-6-10/h2-6H,1,7-8H2. The van der Waals surface area contributed by atoms with Crippen LogP contribution in [0.15, 0.2) is 36.9 Å². The van der Waals surface area contributed by atoms with Gasteiger partial charge in [-0.15, -0.1) is 0 Å². The first-order valence-electron chi connectivity index (χ1n) is 3.64. The molecule has 0 aliphatic rings. The van der Waals surface area contributed by atoms with Crippen LogP contribution in [0.2, 0.25) is 0 Å². The zero-order chi connectivity index (χ0) is 8.10. The summed E-state index contributed by atoms with van der Waals surface area (Å²) >= 11 is 2.37. The van der Waals surface area contributed by atoms with Crippen LogP contribution in [0.3, 0.4) is 0 Å². The summed E-state index contributed by atoms with van der Waals surface area (Å²) in [6, 6.07) is 10.3. The van der Waals surface area contributed by atoms with Gasteiger partial charge in [0.1, 0.15) is 0 Å². The SMILES string of the molecule is C=C(CCI)c1ccccc1. The number of allylic oxidation sites excluding steroid dienone is 1. The van der Waals surface area contributed by atoms with Crippen molar-refractivity contribution in [2.75, 3.05) is 4.43 Å². The van der Waals surface area contributed by atoms with Crippen LogP contribution in [0.25, 0.3) is 5.57 Å². The maximum Gasteiger partial charge on any atom is 0.00358 e. The molecule has 0 radical (unpaired) electrons. The van der Waals surface area contributed by atoms with Gasteiger partial charge in [-0.25, -0.2) is 0 Å². The molecule has 0 saturated heterocycles. The van der Waals surface area contributed by atoms with Crippen LogP contribution in [0.4, 0.5) is 0 Å². The molecule has 1 aromatic carbocycles. The fourth-order valence-corrected chi connectivity index (χ4v) is 1.58. The smallest absolute Gasteiger partial charge is 0.00358 e. The van der Waals surface area contributed by atoms with Gasteiger partial charge in [-0.3, -0.25) is 0 Å². The number of alkyl halides is 1. The van der Waals surface area contributed by atoms with Crippen LogP contribution in [0.1, 0.15) is 12.0 Å². The third-order valence-corrected chi connectivity index (χ3v) is 2.12. The monoisotopic (exact) mass is 258 g/mol. The fraction of sp³-hybridized carbons (Fsp3) is 0.200. The van der Waals surface area contributed by atoms with Gasteiger partial charge in [-0.2, -0.15) is 0 Å². The van der Waals surface area contributed by atoms with E-state index in [2.05, 4.69) is 41.3 Å².